The van der Waals surface area contributed by atoms with Crippen LogP contribution in [0.25, 0.3) is 33.0 Å². The second-order valence-corrected chi connectivity index (χ2v) is 8.27. The first-order valence-electron chi connectivity index (χ1n) is 11.1. The molecule has 0 spiro atoms. The summed E-state index contributed by atoms with van der Waals surface area (Å²) in [6.45, 7) is 2.30. The first kappa shape index (κ1) is 19.6. The second kappa shape index (κ2) is 8.39. The maximum absolute atomic E-state index is 12.2. The first-order valence-corrected chi connectivity index (χ1v) is 11.1. The molecule has 0 saturated heterocycles. The lowest BCUT2D eigenvalue weighted by molar-refractivity contribution is -0.143. The van der Waals surface area contributed by atoms with E-state index in [4.69, 9.17) is 4.74 Å². The van der Waals surface area contributed by atoms with Gasteiger partial charge in [0.2, 0.25) is 0 Å². The van der Waals surface area contributed by atoms with Crippen molar-refractivity contribution in [1.82, 2.24) is 0 Å². The van der Waals surface area contributed by atoms with Crippen molar-refractivity contribution in [2.24, 2.45) is 0 Å². The zero-order valence-electron chi connectivity index (χ0n) is 17.8. The van der Waals surface area contributed by atoms with Crippen molar-refractivity contribution in [2.45, 2.75) is 32.1 Å². The van der Waals surface area contributed by atoms with E-state index in [1.807, 2.05) is 6.92 Å². The quantitative estimate of drug-likeness (QED) is 0.329. The van der Waals surface area contributed by atoms with Gasteiger partial charge in [-0.15, -0.1) is 0 Å². The zero-order chi connectivity index (χ0) is 21.2. The molecule has 1 atom stereocenters. The molecule has 4 aromatic rings. The Morgan fingerprint density at radius 2 is 1.58 bits per heavy atom. The van der Waals surface area contributed by atoms with Crippen LogP contribution in [0.15, 0.2) is 84.9 Å². The standard InChI is InChI=1S/C29H26O2/c1-2-31-29(30)18-25-15-14-24-17-27(21-9-4-3-5-10-21)28(19-26(24)25)23-13-12-20-8-6-7-11-22(20)16-23/h3-13,16-17,19,25H,2,14-15,18H2,1H3. The van der Waals surface area contributed by atoms with Crippen molar-refractivity contribution >= 4 is 16.7 Å². The van der Waals surface area contributed by atoms with E-state index in [0.717, 1.165) is 12.8 Å². The molecule has 2 heteroatoms. The minimum Gasteiger partial charge on any atom is -0.466 e. The minimum absolute atomic E-state index is 0.0975. The van der Waals surface area contributed by atoms with Gasteiger partial charge in [-0.1, -0.05) is 72.8 Å². The minimum atomic E-state index is -0.0975. The Kier molecular flexibility index (Phi) is 5.30. The SMILES string of the molecule is CCOC(=O)CC1CCc2cc(-c3ccccc3)c(-c3ccc4ccccc4c3)cc21. The molecule has 31 heavy (non-hydrogen) atoms. The molecule has 1 aliphatic rings. The Hall–Kier alpha value is -3.39. The Balaban J connectivity index is 1.65. The maximum atomic E-state index is 12.2. The van der Waals surface area contributed by atoms with Gasteiger partial charge < -0.3 is 4.74 Å². The summed E-state index contributed by atoms with van der Waals surface area (Å²) in [7, 11) is 0. The Morgan fingerprint density at radius 1 is 0.839 bits per heavy atom. The predicted octanol–water partition coefficient (Wildman–Crippen LogP) is 7.16. The fraction of sp³-hybridized carbons (Fsp3) is 0.207. The molecule has 0 N–H and O–H groups in total. The number of benzene rings is 4. The number of ether oxygens (including phenoxy) is 1. The van der Waals surface area contributed by atoms with Crippen molar-refractivity contribution in [1.29, 1.82) is 0 Å². The lowest BCUT2D eigenvalue weighted by atomic mass is 9.88. The summed E-state index contributed by atoms with van der Waals surface area (Å²) < 4.78 is 5.24. The van der Waals surface area contributed by atoms with Crippen LogP contribution in [0.4, 0.5) is 0 Å². The van der Waals surface area contributed by atoms with Crippen LogP contribution in [0.2, 0.25) is 0 Å². The highest BCUT2D eigenvalue weighted by Crippen LogP contribution is 2.43. The Bertz CT molecular complexity index is 1240. The highest BCUT2D eigenvalue weighted by Gasteiger charge is 2.27. The smallest absolute Gasteiger partial charge is 0.306 e. The number of carbonyl (C=O) groups is 1. The van der Waals surface area contributed by atoms with E-state index < -0.39 is 0 Å². The number of rotatable bonds is 5. The number of esters is 1. The number of fused-ring (bicyclic) bond motifs is 2. The summed E-state index contributed by atoms with van der Waals surface area (Å²) in [4.78, 5) is 12.2. The van der Waals surface area contributed by atoms with Crippen molar-refractivity contribution in [3.8, 4) is 22.3 Å². The van der Waals surface area contributed by atoms with Gasteiger partial charge in [-0.2, -0.15) is 0 Å². The fourth-order valence-electron chi connectivity index (χ4n) is 4.83. The molecule has 5 rings (SSSR count). The third kappa shape index (κ3) is 3.86. The molecule has 0 radical (unpaired) electrons. The first-order chi connectivity index (χ1) is 15.2. The van der Waals surface area contributed by atoms with Crippen LogP contribution in [0.3, 0.4) is 0 Å². The van der Waals surface area contributed by atoms with Gasteiger partial charge in [0.25, 0.3) is 0 Å². The monoisotopic (exact) mass is 406 g/mol. The van der Waals surface area contributed by atoms with Crippen LogP contribution in [-0.4, -0.2) is 12.6 Å². The average molecular weight is 407 g/mol. The fourth-order valence-corrected chi connectivity index (χ4v) is 4.83. The molecule has 0 bridgehead atoms. The topological polar surface area (TPSA) is 26.3 Å². The summed E-state index contributed by atoms with van der Waals surface area (Å²) in [5.74, 6) is 0.137. The van der Waals surface area contributed by atoms with Gasteiger partial charge in [0.05, 0.1) is 13.0 Å². The van der Waals surface area contributed by atoms with E-state index in [0.29, 0.717) is 13.0 Å². The van der Waals surface area contributed by atoms with Gasteiger partial charge in [0, 0.05) is 0 Å². The van der Waals surface area contributed by atoms with Gasteiger partial charge in [0.1, 0.15) is 0 Å². The number of hydrogen-bond donors (Lipinski definition) is 0. The lowest BCUT2D eigenvalue weighted by Gasteiger charge is -2.17. The molecule has 0 saturated carbocycles. The van der Waals surface area contributed by atoms with Gasteiger partial charge in [-0.3, -0.25) is 4.79 Å². The normalized spacial score (nSPS) is 15.1. The van der Waals surface area contributed by atoms with Gasteiger partial charge >= 0.3 is 5.97 Å². The van der Waals surface area contributed by atoms with Crippen molar-refractivity contribution in [3.63, 3.8) is 0 Å². The highest BCUT2D eigenvalue weighted by atomic mass is 16.5. The maximum Gasteiger partial charge on any atom is 0.306 e. The Labute approximate surface area is 183 Å². The van der Waals surface area contributed by atoms with Crippen LogP contribution < -0.4 is 0 Å². The number of carbonyl (C=O) groups excluding carboxylic acids is 1. The molecule has 0 fully saturated rings. The second-order valence-electron chi connectivity index (χ2n) is 8.27. The average Bonchev–Trinajstić information content (AvgIpc) is 3.20. The van der Waals surface area contributed by atoms with Crippen LogP contribution in [0.1, 0.15) is 36.8 Å². The van der Waals surface area contributed by atoms with Crippen molar-refractivity contribution in [3.05, 3.63) is 96.1 Å². The molecular weight excluding hydrogens is 380 g/mol. The van der Waals surface area contributed by atoms with Crippen LogP contribution in [0.5, 0.6) is 0 Å². The number of aryl methyl sites for hydroxylation is 1. The number of hydrogen-bond acceptors (Lipinski definition) is 2. The van der Waals surface area contributed by atoms with Crippen LogP contribution in [-0.2, 0) is 16.0 Å². The molecule has 2 nitrogen and oxygen atoms in total. The molecule has 154 valence electrons. The molecule has 0 aromatic heterocycles. The third-order valence-corrected chi connectivity index (χ3v) is 6.34. The zero-order valence-corrected chi connectivity index (χ0v) is 17.8. The van der Waals surface area contributed by atoms with E-state index in [1.54, 1.807) is 0 Å². The molecule has 1 aliphatic carbocycles. The van der Waals surface area contributed by atoms with E-state index >= 15 is 0 Å². The summed E-state index contributed by atoms with van der Waals surface area (Å²) >= 11 is 0. The van der Waals surface area contributed by atoms with E-state index in [2.05, 4.69) is 84.9 Å². The van der Waals surface area contributed by atoms with Gasteiger partial charge in [-0.25, -0.2) is 0 Å². The summed E-state index contributed by atoms with van der Waals surface area (Å²) in [6, 6.07) is 30.4. The van der Waals surface area contributed by atoms with Crippen LogP contribution in [0, 0.1) is 0 Å². The van der Waals surface area contributed by atoms with E-state index in [1.165, 1.54) is 44.2 Å². The van der Waals surface area contributed by atoms with Crippen molar-refractivity contribution < 1.29 is 9.53 Å². The van der Waals surface area contributed by atoms with Gasteiger partial charge in [0.15, 0.2) is 0 Å². The molecular formula is C29H26O2. The molecule has 4 aromatic carbocycles. The Morgan fingerprint density at radius 3 is 2.39 bits per heavy atom. The molecule has 0 aliphatic heterocycles. The van der Waals surface area contributed by atoms with Gasteiger partial charge in [-0.05, 0) is 82.0 Å². The molecule has 0 amide bonds. The predicted molar refractivity (Wildman–Crippen MR) is 127 cm³/mol. The summed E-state index contributed by atoms with van der Waals surface area (Å²) in [6.07, 6.45) is 2.48. The summed E-state index contributed by atoms with van der Waals surface area (Å²) in [5.41, 5.74) is 7.58. The largest absolute Gasteiger partial charge is 0.466 e. The van der Waals surface area contributed by atoms with Crippen molar-refractivity contribution in [2.75, 3.05) is 6.61 Å². The summed E-state index contributed by atoms with van der Waals surface area (Å²) in [5, 5.41) is 2.48. The third-order valence-electron chi connectivity index (χ3n) is 6.34. The highest BCUT2D eigenvalue weighted by molar-refractivity contribution is 5.92. The molecule has 1 unspecified atom stereocenters. The van der Waals surface area contributed by atoms with E-state index in [9.17, 15) is 4.79 Å². The lowest BCUT2D eigenvalue weighted by Crippen LogP contribution is -2.08. The van der Waals surface area contributed by atoms with E-state index in [-0.39, 0.29) is 11.9 Å². The molecule has 0 heterocycles. The van der Waals surface area contributed by atoms with Crippen LogP contribution >= 0.6 is 0 Å².